The summed E-state index contributed by atoms with van der Waals surface area (Å²) in [5.74, 6) is -0.337. The van der Waals surface area contributed by atoms with Gasteiger partial charge in [-0.15, -0.1) is 0 Å². The van der Waals surface area contributed by atoms with E-state index < -0.39 is 10.2 Å². The second-order valence-electron chi connectivity index (χ2n) is 6.70. The van der Waals surface area contributed by atoms with Crippen molar-refractivity contribution in [2.75, 3.05) is 26.7 Å². The molecule has 7 heteroatoms. The summed E-state index contributed by atoms with van der Waals surface area (Å²) in [6.07, 6.45) is 5.20. The van der Waals surface area contributed by atoms with Crippen LogP contribution in [0.3, 0.4) is 0 Å². The van der Waals surface area contributed by atoms with E-state index in [9.17, 15) is 12.8 Å². The number of hydrogen-bond donors (Lipinski definition) is 1. The predicted molar refractivity (Wildman–Crippen MR) is 92.3 cm³/mol. The third kappa shape index (κ3) is 3.64. The molecule has 1 heterocycles. The van der Waals surface area contributed by atoms with Crippen LogP contribution in [0.25, 0.3) is 0 Å². The van der Waals surface area contributed by atoms with Crippen LogP contribution in [-0.2, 0) is 10.2 Å². The molecular weight excluding hydrogens is 329 g/mol. The zero-order valence-corrected chi connectivity index (χ0v) is 14.9. The van der Waals surface area contributed by atoms with Crippen molar-refractivity contribution in [1.29, 1.82) is 0 Å². The van der Waals surface area contributed by atoms with E-state index in [4.69, 9.17) is 0 Å². The van der Waals surface area contributed by atoms with Gasteiger partial charge in [-0.05, 0) is 30.5 Å². The van der Waals surface area contributed by atoms with Crippen molar-refractivity contribution >= 4 is 10.2 Å². The molecule has 134 valence electrons. The molecule has 1 atom stereocenters. The molecule has 1 saturated heterocycles. The summed E-state index contributed by atoms with van der Waals surface area (Å²) in [7, 11) is -1.88. The summed E-state index contributed by atoms with van der Waals surface area (Å²) in [5, 5.41) is 3.23. The maximum atomic E-state index is 13.6. The zero-order valence-electron chi connectivity index (χ0n) is 14.1. The molecule has 0 bridgehead atoms. The molecule has 0 amide bonds. The Morgan fingerprint density at radius 3 is 2.71 bits per heavy atom. The largest absolute Gasteiger partial charge is 0.313 e. The molecule has 24 heavy (non-hydrogen) atoms. The minimum atomic E-state index is -3.57. The highest BCUT2D eigenvalue weighted by Crippen LogP contribution is 2.30. The minimum absolute atomic E-state index is 0.0757. The molecule has 5 nitrogen and oxygen atoms in total. The number of benzene rings is 1. The molecular formula is C17H26FN3O2S. The van der Waals surface area contributed by atoms with Gasteiger partial charge in [0.15, 0.2) is 0 Å². The van der Waals surface area contributed by atoms with Gasteiger partial charge in [-0.25, -0.2) is 4.39 Å². The van der Waals surface area contributed by atoms with Crippen molar-refractivity contribution in [1.82, 2.24) is 13.9 Å². The molecule has 1 aliphatic carbocycles. The van der Waals surface area contributed by atoms with Gasteiger partial charge in [-0.2, -0.15) is 17.0 Å². The van der Waals surface area contributed by atoms with Crippen LogP contribution in [0.2, 0.25) is 0 Å². The van der Waals surface area contributed by atoms with E-state index in [1.807, 2.05) is 0 Å². The van der Waals surface area contributed by atoms with Crippen molar-refractivity contribution in [2.45, 2.75) is 44.2 Å². The van der Waals surface area contributed by atoms with E-state index in [1.54, 1.807) is 23.5 Å². The van der Waals surface area contributed by atoms with Crippen LogP contribution in [-0.4, -0.2) is 49.8 Å². The van der Waals surface area contributed by atoms with Gasteiger partial charge in [0.05, 0.1) is 6.04 Å². The second-order valence-corrected chi connectivity index (χ2v) is 8.64. The topological polar surface area (TPSA) is 52.7 Å². The maximum Gasteiger partial charge on any atom is 0.282 e. The smallest absolute Gasteiger partial charge is 0.282 e. The lowest BCUT2D eigenvalue weighted by Crippen LogP contribution is -2.54. The lowest BCUT2D eigenvalue weighted by molar-refractivity contribution is 0.223. The fourth-order valence-corrected chi connectivity index (χ4v) is 5.52. The van der Waals surface area contributed by atoms with Crippen molar-refractivity contribution in [3.05, 3.63) is 35.6 Å². The fourth-order valence-electron chi connectivity index (χ4n) is 3.76. The molecule has 1 N–H and O–H groups in total. The van der Waals surface area contributed by atoms with Gasteiger partial charge in [0.2, 0.25) is 0 Å². The van der Waals surface area contributed by atoms with Gasteiger partial charge in [-0.3, -0.25) is 0 Å². The minimum Gasteiger partial charge on any atom is -0.313 e. The van der Waals surface area contributed by atoms with Gasteiger partial charge in [0.25, 0.3) is 10.2 Å². The summed E-state index contributed by atoms with van der Waals surface area (Å²) >= 11 is 0. The summed E-state index contributed by atoms with van der Waals surface area (Å²) in [6, 6.07) is 5.95. The highest BCUT2D eigenvalue weighted by Gasteiger charge is 2.38. The molecule has 0 spiro atoms. The zero-order chi connectivity index (χ0) is 17.2. The average Bonchev–Trinajstić information content (AvgIpc) is 2.62. The number of rotatable bonds is 4. The summed E-state index contributed by atoms with van der Waals surface area (Å²) in [5.41, 5.74) is 0.697. The Balaban J connectivity index is 1.86. The van der Waals surface area contributed by atoms with Crippen LogP contribution in [0, 0.1) is 5.82 Å². The van der Waals surface area contributed by atoms with Crippen molar-refractivity contribution in [3.8, 4) is 0 Å². The quantitative estimate of drug-likeness (QED) is 0.902. The Morgan fingerprint density at radius 1 is 1.25 bits per heavy atom. The summed E-state index contributed by atoms with van der Waals surface area (Å²) in [6.45, 7) is 1.52. The van der Waals surface area contributed by atoms with E-state index in [0.29, 0.717) is 25.2 Å². The van der Waals surface area contributed by atoms with Gasteiger partial charge in [0, 0.05) is 32.7 Å². The van der Waals surface area contributed by atoms with E-state index in [1.165, 1.54) is 22.9 Å². The summed E-state index contributed by atoms with van der Waals surface area (Å²) in [4.78, 5) is 0. The fraction of sp³-hybridized carbons (Fsp3) is 0.647. The van der Waals surface area contributed by atoms with E-state index in [-0.39, 0.29) is 17.9 Å². The molecule has 2 aliphatic rings. The predicted octanol–water partition coefficient (Wildman–Crippen LogP) is 2.28. The Labute approximate surface area is 144 Å². The van der Waals surface area contributed by atoms with Crippen LogP contribution in [0.15, 0.2) is 24.3 Å². The normalized spacial score (nSPS) is 24.4. The van der Waals surface area contributed by atoms with Crippen molar-refractivity contribution < 1.29 is 12.8 Å². The first-order chi connectivity index (χ1) is 11.5. The van der Waals surface area contributed by atoms with Crippen LogP contribution in [0.1, 0.15) is 43.7 Å². The van der Waals surface area contributed by atoms with Crippen LogP contribution in [0.4, 0.5) is 4.39 Å². The Hall–Kier alpha value is -1.02. The van der Waals surface area contributed by atoms with Gasteiger partial charge in [-0.1, -0.05) is 31.4 Å². The number of nitrogens with one attached hydrogen (secondary N) is 1. The molecule has 1 saturated carbocycles. The first kappa shape index (κ1) is 17.8. The standard InChI is InChI=1S/C17H26FN3O2S/c1-20(16-8-3-2-4-9-16)24(22,23)21-11-10-19-13-17(21)14-6-5-7-15(18)12-14/h5-7,12,16-17,19H,2-4,8-11,13H2,1H3. The first-order valence-corrected chi connectivity index (χ1v) is 10.1. The number of halogens is 1. The van der Waals surface area contributed by atoms with Crippen LogP contribution >= 0.6 is 0 Å². The maximum absolute atomic E-state index is 13.6. The SMILES string of the molecule is CN(C1CCCCC1)S(=O)(=O)N1CCNCC1c1cccc(F)c1. The molecule has 2 fully saturated rings. The number of nitrogens with zero attached hydrogens (tertiary/aromatic N) is 2. The molecule has 3 rings (SSSR count). The molecule has 1 aromatic carbocycles. The van der Waals surface area contributed by atoms with Gasteiger partial charge in [0.1, 0.15) is 5.82 Å². The lowest BCUT2D eigenvalue weighted by atomic mass is 9.96. The van der Waals surface area contributed by atoms with Crippen LogP contribution in [0.5, 0.6) is 0 Å². The monoisotopic (exact) mass is 355 g/mol. The van der Waals surface area contributed by atoms with Crippen LogP contribution < -0.4 is 5.32 Å². The Kier molecular flexibility index (Phi) is 5.54. The Morgan fingerprint density at radius 2 is 2.00 bits per heavy atom. The molecule has 0 aromatic heterocycles. The molecule has 1 aliphatic heterocycles. The second kappa shape index (κ2) is 7.47. The van der Waals surface area contributed by atoms with E-state index in [0.717, 1.165) is 25.7 Å². The Bertz CT molecular complexity index is 662. The van der Waals surface area contributed by atoms with Crippen molar-refractivity contribution in [2.24, 2.45) is 0 Å². The number of hydrogen-bond acceptors (Lipinski definition) is 3. The molecule has 0 radical (unpaired) electrons. The van der Waals surface area contributed by atoms with E-state index in [2.05, 4.69) is 5.32 Å². The average molecular weight is 355 g/mol. The van der Waals surface area contributed by atoms with E-state index >= 15 is 0 Å². The lowest BCUT2D eigenvalue weighted by Gasteiger charge is -2.40. The third-order valence-electron chi connectivity index (χ3n) is 5.18. The summed E-state index contributed by atoms with van der Waals surface area (Å²) < 4.78 is 43.0. The van der Waals surface area contributed by atoms with Gasteiger partial charge < -0.3 is 5.32 Å². The first-order valence-electron chi connectivity index (χ1n) is 8.71. The number of piperazine rings is 1. The van der Waals surface area contributed by atoms with Crippen molar-refractivity contribution in [3.63, 3.8) is 0 Å². The molecule has 1 aromatic rings. The highest BCUT2D eigenvalue weighted by molar-refractivity contribution is 7.86. The van der Waals surface area contributed by atoms with Gasteiger partial charge >= 0.3 is 0 Å². The third-order valence-corrected chi connectivity index (χ3v) is 7.23. The highest BCUT2D eigenvalue weighted by atomic mass is 32.2. The molecule has 1 unspecified atom stereocenters.